The maximum atomic E-state index is 6.40. The Morgan fingerprint density at radius 3 is 1.98 bits per heavy atom. The monoisotopic (exact) mass is 632 g/mol. The van der Waals surface area contributed by atoms with Gasteiger partial charge in [0.05, 0.1) is 11.3 Å². The minimum atomic E-state index is -0.106. The number of allylic oxidation sites excluding steroid dienone is 2. The van der Waals surface area contributed by atoms with Gasteiger partial charge in [0, 0.05) is 34.0 Å². The van der Waals surface area contributed by atoms with Gasteiger partial charge in [0.25, 0.3) is 0 Å². The van der Waals surface area contributed by atoms with E-state index in [-0.39, 0.29) is 16.9 Å². The predicted octanol–water partition coefficient (Wildman–Crippen LogP) is 11.2. The lowest BCUT2D eigenvalue weighted by Crippen LogP contribution is -2.17. The number of hydrogen-bond acceptors (Lipinski definition) is 3. The van der Waals surface area contributed by atoms with Crippen LogP contribution in [0.3, 0.4) is 0 Å². The number of rotatable bonds is 3. The van der Waals surface area contributed by atoms with E-state index in [2.05, 4.69) is 149 Å². The second-order valence-corrected chi connectivity index (χ2v) is 14.9. The van der Waals surface area contributed by atoms with Gasteiger partial charge in [0.1, 0.15) is 6.10 Å². The van der Waals surface area contributed by atoms with Crippen LogP contribution in [-0.4, -0.2) is 16.1 Å². The topological polar surface area (TPSA) is 35.0 Å². The summed E-state index contributed by atoms with van der Waals surface area (Å²) in [4.78, 5) is 10.1. The standard InChI is InChI=1S/C46H36N2O/c1-45(2)36-16-10-8-14-31(36)34-25-39-35(26-38(34)45)32-23-22-30(24-37(32)46(39,3)4)27-18-20-29(21-19-27)43-47-42(28-12-6-5-7-13-28)41-33-15-9-11-17-40(33)49-44(41)48-43/h5-16,18-26,40H,17H2,1-4H3. The van der Waals surface area contributed by atoms with Crippen LogP contribution >= 0.6 is 0 Å². The molecule has 49 heavy (non-hydrogen) atoms. The van der Waals surface area contributed by atoms with Crippen molar-refractivity contribution in [2.75, 3.05) is 0 Å². The van der Waals surface area contributed by atoms with Crippen molar-refractivity contribution in [2.45, 2.75) is 51.0 Å². The third kappa shape index (κ3) is 4.02. The average Bonchev–Trinajstić information content (AvgIpc) is 3.70. The van der Waals surface area contributed by atoms with Crippen LogP contribution < -0.4 is 4.74 Å². The van der Waals surface area contributed by atoms with Gasteiger partial charge >= 0.3 is 0 Å². The number of nitrogens with zero attached hydrogens (tertiary/aromatic N) is 2. The van der Waals surface area contributed by atoms with Gasteiger partial charge in [0.15, 0.2) is 5.82 Å². The van der Waals surface area contributed by atoms with Crippen LogP contribution in [0.5, 0.6) is 5.88 Å². The highest BCUT2D eigenvalue weighted by molar-refractivity contribution is 5.91. The molecular weight excluding hydrogens is 597 g/mol. The van der Waals surface area contributed by atoms with E-state index in [4.69, 9.17) is 14.7 Å². The Bertz CT molecular complexity index is 2430. The molecule has 10 rings (SSSR count). The van der Waals surface area contributed by atoms with Crippen molar-refractivity contribution in [3.63, 3.8) is 0 Å². The fourth-order valence-electron chi connectivity index (χ4n) is 8.74. The van der Waals surface area contributed by atoms with Gasteiger partial charge in [-0.1, -0.05) is 137 Å². The molecule has 0 saturated heterocycles. The zero-order chi connectivity index (χ0) is 33.1. The van der Waals surface area contributed by atoms with E-state index in [0.717, 1.165) is 34.4 Å². The summed E-state index contributed by atoms with van der Waals surface area (Å²) in [5.41, 5.74) is 18.6. The van der Waals surface area contributed by atoms with Gasteiger partial charge in [-0.05, 0) is 73.8 Å². The Hall–Kier alpha value is -5.54. The fraction of sp³-hybridized carbons (Fsp3) is 0.174. The van der Waals surface area contributed by atoms with Crippen LogP contribution in [0.4, 0.5) is 0 Å². The molecule has 5 aromatic carbocycles. The Balaban J connectivity index is 1.02. The highest BCUT2D eigenvalue weighted by atomic mass is 16.5. The van der Waals surface area contributed by atoms with E-state index in [9.17, 15) is 0 Å². The molecule has 0 radical (unpaired) electrons. The van der Waals surface area contributed by atoms with Gasteiger partial charge in [-0.15, -0.1) is 0 Å². The largest absolute Gasteiger partial charge is 0.469 e. The second-order valence-electron chi connectivity index (χ2n) is 14.9. The summed E-state index contributed by atoms with van der Waals surface area (Å²) in [6.07, 6.45) is 7.24. The van der Waals surface area contributed by atoms with Crippen molar-refractivity contribution in [3.8, 4) is 61.9 Å². The summed E-state index contributed by atoms with van der Waals surface area (Å²) < 4.78 is 6.40. The molecule has 6 aromatic rings. The second kappa shape index (κ2) is 9.99. The van der Waals surface area contributed by atoms with Crippen molar-refractivity contribution in [1.82, 2.24) is 9.97 Å². The molecule has 0 N–H and O–H groups in total. The lowest BCUT2D eigenvalue weighted by Gasteiger charge is -2.24. The summed E-state index contributed by atoms with van der Waals surface area (Å²) in [7, 11) is 0. The number of hydrogen-bond donors (Lipinski definition) is 0. The van der Waals surface area contributed by atoms with Crippen molar-refractivity contribution in [1.29, 1.82) is 0 Å². The number of fused-ring (bicyclic) bond motifs is 9. The van der Waals surface area contributed by atoms with Crippen LogP contribution in [0.2, 0.25) is 0 Å². The molecule has 3 nitrogen and oxygen atoms in total. The third-order valence-corrected chi connectivity index (χ3v) is 11.4. The highest BCUT2D eigenvalue weighted by Gasteiger charge is 2.41. The first-order valence-corrected chi connectivity index (χ1v) is 17.3. The molecular formula is C46H36N2O. The van der Waals surface area contributed by atoms with E-state index in [0.29, 0.717) is 11.7 Å². The molecule has 0 saturated carbocycles. The fourth-order valence-corrected chi connectivity index (χ4v) is 8.74. The first-order valence-electron chi connectivity index (χ1n) is 17.3. The van der Waals surface area contributed by atoms with Crippen LogP contribution in [-0.2, 0) is 10.8 Å². The van der Waals surface area contributed by atoms with Gasteiger partial charge in [-0.3, -0.25) is 0 Å². The smallest absolute Gasteiger partial charge is 0.226 e. The van der Waals surface area contributed by atoms with Crippen LogP contribution in [0.1, 0.15) is 61.9 Å². The molecule has 2 heterocycles. The third-order valence-electron chi connectivity index (χ3n) is 11.4. The molecule has 0 fully saturated rings. The first-order chi connectivity index (χ1) is 23.8. The molecule has 236 valence electrons. The molecule has 0 bridgehead atoms. The molecule has 3 heteroatoms. The Morgan fingerprint density at radius 1 is 0.571 bits per heavy atom. The van der Waals surface area contributed by atoms with E-state index in [1.54, 1.807) is 0 Å². The first kappa shape index (κ1) is 28.5. The molecule has 0 spiro atoms. The van der Waals surface area contributed by atoms with Crippen LogP contribution in [0, 0.1) is 0 Å². The SMILES string of the molecule is CC1(C)c2ccccc2-c2cc3c(cc21)-c1ccc(-c2ccc(-c4nc5c(c(-c6ccccc6)n4)C4=CC=CCC4O5)cc2)cc1C3(C)C. The lowest BCUT2D eigenvalue weighted by atomic mass is 9.79. The van der Waals surface area contributed by atoms with E-state index < -0.39 is 0 Å². The summed E-state index contributed by atoms with van der Waals surface area (Å²) in [6.45, 7) is 9.48. The van der Waals surface area contributed by atoms with Crippen LogP contribution in [0.15, 0.2) is 127 Å². The average molecular weight is 633 g/mol. The minimum absolute atomic E-state index is 0.00658. The van der Waals surface area contributed by atoms with Gasteiger partial charge in [0.2, 0.25) is 5.88 Å². The maximum absolute atomic E-state index is 6.40. The quantitative estimate of drug-likeness (QED) is 0.195. The van der Waals surface area contributed by atoms with Gasteiger partial charge in [-0.25, -0.2) is 4.98 Å². The van der Waals surface area contributed by atoms with E-state index >= 15 is 0 Å². The molecule has 1 aliphatic heterocycles. The Labute approximate surface area is 287 Å². The molecule has 1 aromatic heterocycles. The number of benzene rings is 5. The number of aromatic nitrogens is 2. The maximum Gasteiger partial charge on any atom is 0.226 e. The van der Waals surface area contributed by atoms with Crippen molar-refractivity contribution in [2.24, 2.45) is 0 Å². The summed E-state index contributed by atoms with van der Waals surface area (Å²) in [6, 6.07) is 40.0. The zero-order valence-electron chi connectivity index (χ0n) is 28.2. The Kier molecular flexibility index (Phi) is 5.81. The molecule has 3 aliphatic carbocycles. The summed E-state index contributed by atoms with van der Waals surface area (Å²) in [5, 5.41) is 0. The molecule has 1 atom stereocenters. The normalized spacial score (nSPS) is 18.0. The Morgan fingerprint density at radius 2 is 1.20 bits per heavy atom. The van der Waals surface area contributed by atoms with E-state index in [1.807, 2.05) is 6.07 Å². The van der Waals surface area contributed by atoms with Gasteiger partial charge < -0.3 is 4.74 Å². The van der Waals surface area contributed by atoms with Crippen molar-refractivity contribution in [3.05, 3.63) is 155 Å². The molecule has 0 amide bonds. The summed E-state index contributed by atoms with van der Waals surface area (Å²) >= 11 is 0. The van der Waals surface area contributed by atoms with Crippen molar-refractivity contribution < 1.29 is 4.74 Å². The summed E-state index contributed by atoms with van der Waals surface area (Å²) in [5.74, 6) is 1.35. The van der Waals surface area contributed by atoms with E-state index in [1.165, 1.54) is 55.6 Å². The molecule has 4 aliphatic rings. The molecule has 1 unspecified atom stereocenters. The predicted molar refractivity (Wildman–Crippen MR) is 200 cm³/mol. The van der Waals surface area contributed by atoms with Gasteiger partial charge in [-0.2, -0.15) is 4.98 Å². The zero-order valence-corrected chi connectivity index (χ0v) is 28.2. The number of ether oxygens (including phenoxy) is 1. The van der Waals surface area contributed by atoms with Crippen molar-refractivity contribution >= 4 is 5.57 Å². The highest BCUT2D eigenvalue weighted by Crippen LogP contribution is 2.56. The lowest BCUT2D eigenvalue weighted by molar-refractivity contribution is 0.269. The minimum Gasteiger partial charge on any atom is -0.469 e. The van der Waals surface area contributed by atoms with Crippen LogP contribution in [0.25, 0.3) is 61.6 Å².